The van der Waals surface area contributed by atoms with Crippen molar-refractivity contribution in [3.63, 3.8) is 0 Å². The van der Waals surface area contributed by atoms with Crippen LogP contribution < -0.4 is 0 Å². The zero-order valence-electron chi connectivity index (χ0n) is 17.3. The number of hydrogen-bond acceptors (Lipinski definition) is 7. The van der Waals surface area contributed by atoms with Crippen molar-refractivity contribution in [1.29, 1.82) is 0 Å². The van der Waals surface area contributed by atoms with Crippen molar-refractivity contribution in [1.82, 2.24) is 0 Å². The molecule has 0 radical (unpaired) electrons. The summed E-state index contributed by atoms with van der Waals surface area (Å²) in [6.07, 6.45) is 9.56. The van der Waals surface area contributed by atoms with Crippen LogP contribution in [0, 0.1) is 0 Å². The quantitative estimate of drug-likeness (QED) is 0.158. The van der Waals surface area contributed by atoms with E-state index >= 15 is 0 Å². The summed E-state index contributed by atoms with van der Waals surface area (Å²) in [7, 11) is -4.23. The van der Waals surface area contributed by atoms with Gasteiger partial charge in [-0.2, -0.15) is 8.42 Å². The van der Waals surface area contributed by atoms with Crippen molar-refractivity contribution in [3.8, 4) is 0 Å². The summed E-state index contributed by atoms with van der Waals surface area (Å²) < 4.78 is 33.0. The lowest BCUT2D eigenvalue weighted by Gasteiger charge is -2.18. The van der Waals surface area contributed by atoms with Crippen LogP contribution in [-0.2, 0) is 29.0 Å². The number of carboxylic acids is 3. The third kappa shape index (κ3) is 21.0. The van der Waals surface area contributed by atoms with Crippen molar-refractivity contribution in [2.45, 2.75) is 89.6 Å². The van der Waals surface area contributed by atoms with E-state index in [1.165, 1.54) is 44.9 Å². The Morgan fingerprint density at radius 3 is 1.43 bits per heavy atom. The van der Waals surface area contributed by atoms with Crippen molar-refractivity contribution in [2.24, 2.45) is 0 Å². The first kappa shape index (κ1) is 30.4. The van der Waals surface area contributed by atoms with E-state index in [-0.39, 0.29) is 6.61 Å². The predicted octanol–water partition coefficient (Wildman–Crippen LogP) is 2.48. The van der Waals surface area contributed by atoms with Gasteiger partial charge in [0.15, 0.2) is 5.60 Å². The van der Waals surface area contributed by atoms with Crippen LogP contribution in [0.1, 0.15) is 84.0 Å². The number of aliphatic carboxylic acids is 3. The molecule has 0 unspecified atom stereocenters. The highest BCUT2D eigenvalue weighted by molar-refractivity contribution is 7.80. The Morgan fingerprint density at radius 2 is 1.13 bits per heavy atom. The molecular formula is C18H34O11S. The lowest BCUT2D eigenvalue weighted by molar-refractivity contribution is -0.170. The minimum absolute atomic E-state index is 0.0926. The molecule has 0 fully saturated rings. The minimum atomic E-state index is -4.23. The molecule has 0 bridgehead atoms. The van der Waals surface area contributed by atoms with Gasteiger partial charge in [0.25, 0.3) is 0 Å². The molecule has 0 saturated heterocycles. The SMILES string of the molecule is CCCCCCCCCCCCOS(=O)(=O)O.O=C(O)CC(O)(CC(=O)O)C(=O)O. The first-order valence-corrected chi connectivity index (χ1v) is 11.2. The molecule has 0 saturated carbocycles. The van der Waals surface area contributed by atoms with Gasteiger partial charge in [0.05, 0.1) is 19.4 Å². The molecular weight excluding hydrogens is 424 g/mol. The predicted molar refractivity (Wildman–Crippen MR) is 106 cm³/mol. The Hall–Kier alpha value is -1.76. The number of unbranched alkanes of at least 4 members (excludes halogenated alkanes) is 9. The molecule has 30 heavy (non-hydrogen) atoms. The third-order valence-electron chi connectivity index (χ3n) is 4.02. The molecule has 0 heterocycles. The Labute approximate surface area is 177 Å². The molecule has 11 nitrogen and oxygen atoms in total. The fourth-order valence-electron chi connectivity index (χ4n) is 2.47. The maximum atomic E-state index is 10.3. The number of carboxylic acid groups (broad SMARTS) is 3. The zero-order valence-corrected chi connectivity index (χ0v) is 18.1. The van der Waals surface area contributed by atoms with E-state index in [0.29, 0.717) is 6.42 Å². The number of rotatable bonds is 17. The molecule has 0 aliphatic heterocycles. The Balaban J connectivity index is 0. The Bertz CT molecular complexity index is 585. The average Bonchev–Trinajstić information content (AvgIpc) is 2.57. The summed E-state index contributed by atoms with van der Waals surface area (Å²) in [6, 6.07) is 0. The molecule has 0 atom stereocenters. The lowest BCUT2D eigenvalue weighted by atomic mass is 9.96. The number of aliphatic hydroxyl groups is 1. The first-order valence-electron chi connectivity index (χ1n) is 9.85. The number of carbonyl (C=O) groups is 3. The molecule has 0 aromatic rings. The second-order valence-corrected chi connectivity index (χ2v) is 8.00. The molecule has 178 valence electrons. The van der Waals surface area contributed by atoms with Crippen molar-refractivity contribution in [2.75, 3.05) is 6.61 Å². The lowest BCUT2D eigenvalue weighted by Crippen LogP contribution is -2.42. The van der Waals surface area contributed by atoms with Gasteiger partial charge in [-0.05, 0) is 6.42 Å². The number of hydrogen-bond donors (Lipinski definition) is 5. The van der Waals surface area contributed by atoms with Gasteiger partial charge in [0.1, 0.15) is 0 Å². The molecule has 0 aliphatic rings. The van der Waals surface area contributed by atoms with Crippen LogP contribution in [0.3, 0.4) is 0 Å². The van der Waals surface area contributed by atoms with Crippen LogP contribution >= 0.6 is 0 Å². The molecule has 0 spiro atoms. The summed E-state index contributed by atoms with van der Waals surface area (Å²) in [4.78, 5) is 30.5. The normalized spacial score (nSPS) is 11.4. The van der Waals surface area contributed by atoms with Crippen LogP contribution in [0.25, 0.3) is 0 Å². The Morgan fingerprint density at radius 1 is 0.767 bits per heavy atom. The summed E-state index contributed by atoms with van der Waals surface area (Å²) in [5.41, 5.74) is -2.74. The summed E-state index contributed by atoms with van der Waals surface area (Å²) in [5, 5.41) is 33.8. The van der Waals surface area contributed by atoms with Gasteiger partial charge >= 0.3 is 28.3 Å². The van der Waals surface area contributed by atoms with E-state index in [1.54, 1.807) is 0 Å². The van der Waals surface area contributed by atoms with Crippen molar-refractivity contribution >= 4 is 28.3 Å². The van der Waals surface area contributed by atoms with Crippen molar-refractivity contribution in [3.05, 3.63) is 0 Å². The van der Waals surface area contributed by atoms with Gasteiger partial charge in [-0.15, -0.1) is 0 Å². The topological polar surface area (TPSA) is 196 Å². The first-order chi connectivity index (χ1) is 13.8. The smallest absolute Gasteiger partial charge is 0.397 e. The van der Waals surface area contributed by atoms with Crippen molar-refractivity contribution < 1.29 is 52.0 Å². The van der Waals surface area contributed by atoms with E-state index < -0.39 is 46.7 Å². The third-order valence-corrected chi connectivity index (χ3v) is 4.48. The van der Waals surface area contributed by atoms with E-state index in [9.17, 15) is 22.8 Å². The molecule has 0 aliphatic carbocycles. The van der Waals surface area contributed by atoms with Gasteiger partial charge in [-0.3, -0.25) is 14.1 Å². The van der Waals surface area contributed by atoms with Crippen LogP contribution in [0.2, 0.25) is 0 Å². The summed E-state index contributed by atoms with van der Waals surface area (Å²) in [6.45, 7) is 2.31. The van der Waals surface area contributed by atoms with Gasteiger partial charge in [-0.1, -0.05) is 64.7 Å². The fourth-order valence-corrected chi connectivity index (χ4v) is 2.80. The monoisotopic (exact) mass is 458 g/mol. The maximum Gasteiger partial charge on any atom is 0.397 e. The van der Waals surface area contributed by atoms with Crippen LogP contribution in [0.5, 0.6) is 0 Å². The van der Waals surface area contributed by atoms with Crippen LogP contribution in [0.4, 0.5) is 0 Å². The maximum absolute atomic E-state index is 10.3. The van der Waals surface area contributed by atoms with E-state index in [0.717, 1.165) is 12.8 Å². The molecule has 0 amide bonds. The van der Waals surface area contributed by atoms with Crippen LogP contribution in [-0.4, -0.2) is 63.5 Å². The highest BCUT2D eigenvalue weighted by Crippen LogP contribution is 2.15. The van der Waals surface area contributed by atoms with E-state index in [2.05, 4.69) is 11.1 Å². The standard InChI is InChI=1S/C12H26O4S.C6H8O7/c1-2-3-4-5-6-7-8-9-10-11-12-16-17(13,14)15;7-3(8)1-6(13,5(11)12)2-4(9)10/h2-12H2,1H3,(H,13,14,15);13H,1-2H2,(H,7,8)(H,9,10)(H,11,12). The summed E-state index contributed by atoms with van der Waals surface area (Å²) in [5.74, 6) is -5.02. The second-order valence-electron chi connectivity index (χ2n) is 6.91. The molecule has 0 aromatic heterocycles. The average molecular weight is 459 g/mol. The van der Waals surface area contributed by atoms with E-state index in [1.807, 2.05) is 0 Å². The van der Waals surface area contributed by atoms with E-state index in [4.69, 9.17) is 25.0 Å². The zero-order chi connectivity index (χ0) is 23.6. The molecule has 0 aromatic carbocycles. The van der Waals surface area contributed by atoms with Gasteiger partial charge in [0, 0.05) is 0 Å². The highest BCUT2D eigenvalue weighted by atomic mass is 32.3. The van der Waals surface area contributed by atoms with Gasteiger partial charge < -0.3 is 20.4 Å². The minimum Gasteiger partial charge on any atom is -0.481 e. The molecule has 5 N–H and O–H groups in total. The largest absolute Gasteiger partial charge is 0.481 e. The molecule has 12 heteroatoms. The van der Waals surface area contributed by atoms with Crippen LogP contribution in [0.15, 0.2) is 0 Å². The molecule has 0 rings (SSSR count). The Kier molecular flexibility index (Phi) is 17.2. The van der Waals surface area contributed by atoms with Gasteiger partial charge in [0.2, 0.25) is 0 Å². The highest BCUT2D eigenvalue weighted by Gasteiger charge is 2.40. The second kappa shape index (κ2) is 17.0. The fraction of sp³-hybridized carbons (Fsp3) is 0.833. The summed E-state index contributed by atoms with van der Waals surface area (Å²) >= 11 is 0. The van der Waals surface area contributed by atoms with Gasteiger partial charge in [-0.25, -0.2) is 8.98 Å².